The third kappa shape index (κ3) is 7.28. The van der Waals surface area contributed by atoms with Crippen LogP contribution in [0.25, 0.3) is 0 Å². The predicted octanol–water partition coefficient (Wildman–Crippen LogP) is 4.76. The lowest BCUT2D eigenvalue weighted by atomic mass is 10.0. The molecule has 2 rings (SSSR count). The van der Waals surface area contributed by atoms with Crippen LogP contribution in [0.4, 0.5) is 4.79 Å². The summed E-state index contributed by atoms with van der Waals surface area (Å²) in [5, 5.41) is 0. The van der Waals surface area contributed by atoms with Gasteiger partial charge in [0.15, 0.2) is 0 Å². The second kappa shape index (κ2) is 10.4. The number of benzene rings is 1. The molecule has 0 bridgehead atoms. The summed E-state index contributed by atoms with van der Waals surface area (Å²) < 4.78 is 23.0. The van der Waals surface area contributed by atoms with E-state index in [0.717, 1.165) is 19.3 Å². The van der Waals surface area contributed by atoms with Crippen LogP contribution >= 0.6 is 0 Å². The van der Waals surface area contributed by atoms with E-state index in [1.807, 2.05) is 52.8 Å². The molecular formula is C23H37NO5. The molecule has 1 aromatic rings. The molecule has 1 aromatic carbocycles. The number of carbonyl (C=O) groups excluding carboxylic acids is 1. The Balaban J connectivity index is 1.83. The molecule has 2 atom stereocenters. The van der Waals surface area contributed by atoms with Gasteiger partial charge in [0.2, 0.25) is 0 Å². The van der Waals surface area contributed by atoms with Gasteiger partial charge in [0.1, 0.15) is 11.3 Å². The highest BCUT2D eigenvalue weighted by Gasteiger charge is 2.48. The van der Waals surface area contributed by atoms with E-state index in [4.69, 9.17) is 18.9 Å². The molecule has 29 heavy (non-hydrogen) atoms. The first-order valence-electron chi connectivity index (χ1n) is 10.4. The summed E-state index contributed by atoms with van der Waals surface area (Å²) in [5.74, 6) is 0. The Kier molecular flexibility index (Phi) is 8.49. The zero-order valence-corrected chi connectivity index (χ0v) is 18.8. The summed E-state index contributed by atoms with van der Waals surface area (Å²) in [6.07, 6.45) is 2.24. The first-order chi connectivity index (χ1) is 13.6. The lowest BCUT2D eigenvalue weighted by Gasteiger charge is -2.37. The van der Waals surface area contributed by atoms with E-state index in [0.29, 0.717) is 19.8 Å². The minimum atomic E-state index is -0.720. The van der Waals surface area contributed by atoms with Crippen molar-refractivity contribution in [1.82, 2.24) is 4.90 Å². The van der Waals surface area contributed by atoms with Crippen molar-refractivity contribution < 1.29 is 23.7 Å². The molecule has 164 valence electrons. The van der Waals surface area contributed by atoms with Gasteiger partial charge >= 0.3 is 6.09 Å². The van der Waals surface area contributed by atoms with Crippen LogP contribution in [0.15, 0.2) is 30.3 Å². The van der Waals surface area contributed by atoms with Crippen LogP contribution < -0.4 is 0 Å². The lowest BCUT2D eigenvalue weighted by molar-refractivity contribution is -0.0703. The Morgan fingerprint density at radius 1 is 1.24 bits per heavy atom. The molecular weight excluding hydrogens is 370 g/mol. The molecule has 6 nitrogen and oxygen atoms in total. The molecule has 1 heterocycles. The average Bonchev–Trinajstić information content (AvgIpc) is 2.95. The number of rotatable bonds is 9. The largest absolute Gasteiger partial charge is 0.444 e. The van der Waals surface area contributed by atoms with Crippen molar-refractivity contribution in [3.63, 3.8) is 0 Å². The average molecular weight is 408 g/mol. The molecule has 1 unspecified atom stereocenters. The van der Waals surface area contributed by atoms with E-state index in [-0.39, 0.29) is 18.2 Å². The Bertz CT molecular complexity index is 626. The summed E-state index contributed by atoms with van der Waals surface area (Å²) in [6, 6.07) is 9.99. The summed E-state index contributed by atoms with van der Waals surface area (Å²) in [6.45, 7) is 11.2. The van der Waals surface area contributed by atoms with E-state index < -0.39 is 11.3 Å². The van der Waals surface area contributed by atoms with Gasteiger partial charge in [0.05, 0.1) is 25.4 Å². The molecule has 1 aliphatic rings. The third-order valence-electron chi connectivity index (χ3n) is 4.98. The number of methoxy groups -OCH3 is 1. The highest BCUT2D eigenvalue weighted by molar-refractivity contribution is 5.69. The topological polar surface area (TPSA) is 57.2 Å². The van der Waals surface area contributed by atoms with Crippen LogP contribution in [0.5, 0.6) is 0 Å². The zero-order valence-electron chi connectivity index (χ0n) is 18.8. The van der Waals surface area contributed by atoms with Crippen molar-refractivity contribution in [2.75, 3.05) is 20.3 Å². The molecule has 0 radical (unpaired) electrons. The van der Waals surface area contributed by atoms with Gasteiger partial charge in [-0.2, -0.15) is 0 Å². The van der Waals surface area contributed by atoms with Gasteiger partial charge in [0.25, 0.3) is 0 Å². The predicted molar refractivity (Wildman–Crippen MR) is 113 cm³/mol. The second-order valence-electron chi connectivity index (χ2n) is 8.98. The van der Waals surface area contributed by atoms with Crippen molar-refractivity contribution in [1.29, 1.82) is 0 Å². The van der Waals surface area contributed by atoms with E-state index in [9.17, 15) is 4.79 Å². The zero-order chi connectivity index (χ0) is 21.5. The van der Waals surface area contributed by atoms with Gasteiger partial charge in [-0.05, 0) is 59.4 Å². The normalized spacial score (nSPS) is 19.9. The number of hydrogen-bond donors (Lipinski definition) is 0. The molecule has 6 heteroatoms. The maximum Gasteiger partial charge on any atom is 0.412 e. The monoisotopic (exact) mass is 407 g/mol. The van der Waals surface area contributed by atoms with Crippen LogP contribution in [0.3, 0.4) is 0 Å². The van der Waals surface area contributed by atoms with E-state index >= 15 is 0 Å². The van der Waals surface area contributed by atoms with Crippen molar-refractivity contribution in [3.05, 3.63) is 35.9 Å². The summed E-state index contributed by atoms with van der Waals surface area (Å²) in [7, 11) is 1.69. The number of unbranched alkanes of at least 4 members (excludes halogenated alkanes) is 1. The van der Waals surface area contributed by atoms with E-state index in [2.05, 4.69) is 12.1 Å². The van der Waals surface area contributed by atoms with Crippen LogP contribution in [-0.2, 0) is 25.6 Å². The van der Waals surface area contributed by atoms with Gasteiger partial charge in [-0.3, -0.25) is 4.90 Å². The van der Waals surface area contributed by atoms with Crippen LogP contribution in [0.1, 0.15) is 59.4 Å². The van der Waals surface area contributed by atoms with Gasteiger partial charge in [0, 0.05) is 13.7 Å². The number of hydrogen-bond acceptors (Lipinski definition) is 5. The highest BCUT2D eigenvalue weighted by atomic mass is 16.6. The second-order valence-corrected chi connectivity index (χ2v) is 8.98. The van der Waals surface area contributed by atoms with E-state index in [1.165, 1.54) is 5.56 Å². The fraction of sp³-hybridized carbons (Fsp3) is 0.696. The van der Waals surface area contributed by atoms with Crippen molar-refractivity contribution in [3.8, 4) is 0 Å². The van der Waals surface area contributed by atoms with Gasteiger partial charge in [-0.15, -0.1) is 0 Å². The molecule has 1 saturated heterocycles. The SMILES string of the molecule is COC(CCCCOCc1ccccc1)[C@@H]1COC(C)(C)N1C(=O)OC(C)(C)C. The van der Waals surface area contributed by atoms with Crippen LogP contribution in [-0.4, -0.2) is 54.8 Å². The molecule has 1 amide bonds. The Morgan fingerprint density at radius 3 is 2.55 bits per heavy atom. The van der Waals surface area contributed by atoms with Crippen molar-refractivity contribution >= 4 is 6.09 Å². The quantitative estimate of drug-likeness (QED) is 0.553. The fourth-order valence-corrected chi connectivity index (χ4v) is 3.55. The Morgan fingerprint density at radius 2 is 1.93 bits per heavy atom. The summed E-state index contributed by atoms with van der Waals surface area (Å²) in [4.78, 5) is 14.5. The maximum absolute atomic E-state index is 12.8. The minimum Gasteiger partial charge on any atom is -0.444 e. The molecule has 1 fully saturated rings. The van der Waals surface area contributed by atoms with Crippen LogP contribution in [0, 0.1) is 0 Å². The number of carbonyl (C=O) groups is 1. The van der Waals surface area contributed by atoms with Crippen molar-refractivity contribution in [2.24, 2.45) is 0 Å². The van der Waals surface area contributed by atoms with E-state index in [1.54, 1.807) is 12.0 Å². The number of nitrogens with zero attached hydrogens (tertiary/aromatic N) is 1. The van der Waals surface area contributed by atoms with Crippen molar-refractivity contribution in [2.45, 2.75) is 84.0 Å². The summed E-state index contributed by atoms with van der Waals surface area (Å²) in [5.41, 5.74) is -0.0951. The first-order valence-corrected chi connectivity index (χ1v) is 10.4. The molecule has 0 aliphatic carbocycles. The van der Waals surface area contributed by atoms with Crippen LogP contribution in [0.2, 0.25) is 0 Å². The number of ether oxygens (including phenoxy) is 4. The Labute approximate surface area is 175 Å². The minimum absolute atomic E-state index is 0.113. The summed E-state index contributed by atoms with van der Waals surface area (Å²) >= 11 is 0. The molecule has 0 N–H and O–H groups in total. The maximum atomic E-state index is 12.8. The Hall–Kier alpha value is -1.63. The first kappa shape index (κ1) is 23.6. The van der Waals surface area contributed by atoms with Gasteiger partial charge in [-0.25, -0.2) is 4.79 Å². The molecule has 0 saturated carbocycles. The molecule has 0 aromatic heterocycles. The highest BCUT2D eigenvalue weighted by Crippen LogP contribution is 2.32. The smallest absolute Gasteiger partial charge is 0.412 e. The lowest BCUT2D eigenvalue weighted by Crippen LogP contribution is -2.53. The number of amides is 1. The standard InChI is InChI=1S/C23H37NO5/c1-22(2,3)29-21(25)24-19(17-28-23(24,4)5)20(26-6)14-10-11-15-27-16-18-12-8-7-9-13-18/h7-9,12-13,19-20H,10-11,14-17H2,1-6H3/t19-,20?/m0/s1. The molecule has 1 aliphatic heterocycles. The molecule has 0 spiro atoms. The fourth-order valence-electron chi connectivity index (χ4n) is 3.55. The third-order valence-corrected chi connectivity index (χ3v) is 4.98. The van der Waals surface area contributed by atoms with Gasteiger partial charge < -0.3 is 18.9 Å². The van der Waals surface area contributed by atoms with Gasteiger partial charge in [-0.1, -0.05) is 30.3 Å².